The number of rotatable bonds is 7. The molecule has 0 N–H and O–H groups in total. The first-order valence-electron chi connectivity index (χ1n) is 19.6. The summed E-state index contributed by atoms with van der Waals surface area (Å²) in [5, 5.41) is 3.17. The Kier molecular flexibility index (Phi) is 8.60. The summed E-state index contributed by atoms with van der Waals surface area (Å²) in [5.41, 5.74) is 15.8. The summed E-state index contributed by atoms with van der Waals surface area (Å²) in [5.74, 6) is 0.664. The number of nitrogens with zero attached hydrogens (tertiary/aromatic N) is 5. The molecule has 8 aromatic carbocycles. The molecule has 0 bridgehead atoms. The summed E-state index contributed by atoms with van der Waals surface area (Å²) >= 11 is 1.24. The van der Waals surface area contributed by atoms with Gasteiger partial charge in [0, 0.05) is 44.0 Å². The van der Waals surface area contributed by atoms with Gasteiger partial charge < -0.3 is 0 Å². The van der Waals surface area contributed by atoms with E-state index in [2.05, 4.69) is 170 Å². The van der Waals surface area contributed by atoms with Gasteiger partial charge in [0.2, 0.25) is 0 Å². The lowest BCUT2D eigenvalue weighted by Gasteiger charge is -2.14. The van der Waals surface area contributed by atoms with Crippen LogP contribution in [0.15, 0.2) is 200 Å². The highest BCUT2D eigenvalue weighted by atomic mass is 32.1. The quantitative estimate of drug-likeness (QED) is 0.151. The molecular formula is C53H33N5S. The van der Waals surface area contributed by atoms with Crippen molar-refractivity contribution >= 4 is 44.4 Å². The van der Waals surface area contributed by atoms with Crippen LogP contribution in [-0.2, 0) is 0 Å². The first-order chi connectivity index (χ1) is 29.2. The Hall–Kier alpha value is -7.67. The molecule has 0 atom stereocenters. The van der Waals surface area contributed by atoms with Gasteiger partial charge in [-0.25, -0.2) is 15.0 Å². The summed E-state index contributed by atoms with van der Waals surface area (Å²) in [4.78, 5) is 15.7. The molecule has 3 aromatic heterocycles. The number of para-hydroxylation sites is 1. The van der Waals surface area contributed by atoms with E-state index in [1.54, 1.807) is 0 Å². The van der Waals surface area contributed by atoms with Crippen LogP contribution in [0.1, 0.15) is 0 Å². The van der Waals surface area contributed by atoms with Crippen LogP contribution in [0.4, 0.5) is 0 Å². The van der Waals surface area contributed by atoms with E-state index in [1.807, 2.05) is 30.3 Å². The largest absolute Gasteiger partial charge is 0.247 e. The summed E-state index contributed by atoms with van der Waals surface area (Å²) in [6.07, 6.45) is 0. The summed E-state index contributed by atoms with van der Waals surface area (Å²) in [6, 6.07) is 69.7. The normalized spacial score (nSPS) is 11.4. The maximum absolute atomic E-state index is 5.25. The smallest absolute Gasteiger partial charge is 0.160 e. The van der Waals surface area contributed by atoms with Crippen LogP contribution in [0.25, 0.3) is 111 Å². The van der Waals surface area contributed by atoms with Gasteiger partial charge in [0.15, 0.2) is 5.82 Å². The Bertz CT molecular complexity index is 3250. The average molecular weight is 772 g/mol. The zero-order valence-electron chi connectivity index (χ0n) is 31.7. The Balaban J connectivity index is 1.11. The molecule has 0 amide bonds. The number of fused-ring (bicyclic) bond motifs is 5. The van der Waals surface area contributed by atoms with E-state index in [4.69, 9.17) is 23.7 Å². The summed E-state index contributed by atoms with van der Waals surface area (Å²) < 4.78 is 9.84. The van der Waals surface area contributed by atoms with Crippen molar-refractivity contribution in [3.8, 4) is 78.5 Å². The molecule has 3 heterocycles. The highest BCUT2D eigenvalue weighted by molar-refractivity contribution is 7.00. The SMILES string of the molecule is c1ccc(-c2cc(-c3ccccc3)cc(-c3cc(-c4cccc(-c5cc6c(-c7ccccc7)nc7ccccc7c6c6nsnc56)c4)nc(-c4ccccc4)n3)c2)cc1. The van der Waals surface area contributed by atoms with Gasteiger partial charge in [0.25, 0.3) is 0 Å². The molecule has 0 fully saturated rings. The third-order valence-corrected chi connectivity index (χ3v) is 11.4. The minimum Gasteiger partial charge on any atom is -0.247 e. The zero-order chi connectivity index (χ0) is 39.1. The third kappa shape index (κ3) is 6.42. The van der Waals surface area contributed by atoms with Crippen LogP contribution in [0.3, 0.4) is 0 Å². The average Bonchev–Trinajstić information content (AvgIpc) is 3.82. The van der Waals surface area contributed by atoms with Gasteiger partial charge in [-0.05, 0) is 70.3 Å². The topological polar surface area (TPSA) is 64.5 Å². The Morgan fingerprint density at radius 3 is 1.51 bits per heavy atom. The van der Waals surface area contributed by atoms with Crippen LogP contribution in [0, 0.1) is 0 Å². The minimum atomic E-state index is 0.664. The number of hydrogen-bond donors (Lipinski definition) is 0. The van der Waals surface area contributed by atoms with Gasteiger partial charge in [0.05, 0.1) is 34.3 Å². The lowest BCUT2D eigenvalue weighted by molar-refractivity contribution is 1.18. The molecule has 0 aliphatic carbocycles. The van der Waals surface area contributed by atoms with Gasteiger partial charge >= 0.3 is 0 Å². The van der Waals surface area contributed by atoms with E-state index in [9.17, 15) is 0 Å². The van der Waals surface area contributed by atoms with Crippen molar-refractivity contribution in [2.45, 2.75) is 0 Å². The molecule has 11 rings (SSSR count). The lowest BCUT2D eigenvalue weighted by atomic mass is 9.93. The standard InChI is InChI=1S/C53H33N5S/c1-5-16-34(17-6-1)40-29-41(35-18-7-2-8-19-35)31-42(30-40)48-33-47(55-53(56-48)37-22-11-4-12-23-37)39-25-15-24-38(28-39)44-32-45-49(52-51(44)57-59-58-52)43-26-13-14-27-46(43)54-50(45)36-20-9-3-10-21-36/h1-33H. The molecule has 5 nitrogen and oxygen atoms in total. The molecule has 0 saturated carbocycles. The monoisotopic (exact) mass is 771 g/mol. The molecule has 0 radical (unpaired) electrons. The second-order valence-corrected chi connectivity index (χ2v) is 15.1. The fraction of sp³-hybridized carbons (Fsp3) is 0. The van der Waals surface area contributed by atoms with E-state index < -0.39 is 0 Å². The number of hydrogen-bond acceptors (Lipinski definition) is 6. The Morgan fingerprint density at radius 1 is 0.322 bits per heavy atom. The minimum absolute atomic E-state index is 0.664. The Morgan fingerprint density at radius 2 is 0.831 bits per heavy atom. The van der Waals surface area contributed by atoms with E-state index in [0.717, 1.165) is 105 Å². The van der Waals surface area contributed by atoms with E-state index in [1.165, 1.54) is 11.7 Å². The first-order valence-corrected chi connectivity index (χ1v) is 20.3. The molecule has 0 spiro atoms. The van der Waals surface area contributed by atoms with E-state index in [-0.39, 0.29) is 0 Å². The zero-order valence-corrected chi connectivity index (χ0v) is 32.5. The van der Waals surface area contributed by atoms with Crippen LogP contribution in [0.5, 0.6) is 0 Å². The van der Waals surface area contributed by atoms with Crippen molar-refractivity contribution in [1.29, 1.82) is 0 Å². The number of benzene rings is 8. The number of aromatic nitrogens is 5. The number of pyridine rings is 1. The fourth-order valence-corrected chi connectivity index (χ4v) is 8.64. The van der Waals surface area contributed by atoms with Gasteiger partial charge in [0.1, 0.15) is 11.0 Å². The van der Waals surface area contributed by atoms with E-state index >= 15 is 0 Å². The van der Waals surface area contributed by atoms with Gasteiger partial charge in [-0.3, -0.25) is 0 Å². The van der Waals surface area contributed by atoms with Gasteiger partial charge in [-0.2, -0.15) is 8.75 Å². The molecule has 59 heavy (non-hydrogen) atoms. The fourth-order valence-electron chi connectivity index (χ4n) is 8.08. The van der Waals surface area contributed by atoms with Gasteiger partial charge in [-0.1, -0.05) is 158 Å². The third-order valence-electron chi connectivity index (χ3n) is 10.9. The van der Waals surface area contributed by atoms with Crippen molar-refractivity contribution in [2.24, 2.45) is 0 Å². The molecule has 0 unspecified atom stereocenters. The molecule has 0 aliphatic heterocycles. The maximum Gasteiger partial charge on any atom is 0.160 e. The predicted molar refractivity (Wildman–Crippen MR) is 244 cm³/mol. The van der Waals surface area contributed by atoms with Crippen molar-refractivity contribution in [3.63, 3.8) is 0 Å². The van der Waals surface area contributed by atoms with Crippen LogP contribution < -0.4 is 0 Å². The highest BCUT2D eigenvalue weighted by Crippen LogP contribution is 2.42. The van der Waals surface area contributed by atoms with Crippen molar-refractivity contribution < 1.29 is 0 Å². The van der Waals surface area contributed by atoms with Crippen molar-refractivity contribution in [2.75, 3.05) is 0 Å². The molecule has 276 valence electrons. The van der Waals surface area contributed by atoms with Crippen molar-refractivity contribution in [1.82, 2.24) is 23.7 Å². The van der Waals surface area contributed by atoms with E-state index in [0.29, 0.717) is 5.82 Å². The molecule has 0 saturated heterocycles. The van der Waals surface area contributed by atoms with Gasteiger partial charge in [-0.15, -0.1) is 0 Å². The molecular weight excluding hydrogens is 739 g/mol. The van der Waals surface area contributed by atoms with Crippen LogP contribution >= 0.6 is 11.7 Å². The summed E-state index contributed by atoms with van der Waals surface area (Å²) in [7, 11) is 0. The van der Waals surface area contributed by atoms with Crippen LogP contribution in [-0.4, -0.2) is 23.7 Å². The second-order valence-electron chi connectivity index (χ2n) is 14.6. The maximum atomic E-state index is 5.25. The molecule has 0 aliphatic rings. The van der Waals surface area contributed by atoms with Crippen LogP contribution in [0.2, 0.25) is 0 Å². The summed E-state index contributed by atoms with van der Waals surface area (Å²) in [6.45, 7) is 0. The Labute approximate surface area is 345 Å². The van der Waals surface area contributed by atoms with Crippen molar-refractivity contribution in [3.05, 3.63) is 200 Å². The predicted octanol–water partition coefficient (Wildman–Crippen LogP) is 13.9. The second kappa shape index (κ2) is 14.7. The highest BCUT2D eigenvalue weighted by Gasteiger charge is 2.20. The lowest BCUT2D eigenvalue weighted by Crippen LogP contribution is -1.97. The first kappa shape index (κ1) is 34.6. The molecule has 6 heteroatoms. The molecule has 11 aromatic rings.